The third kappa shape index (κ3) is 6.09. The summed E-state index contributed by atoms with van der Waals surface area (Å²) in [5.74, 6) is 0.0463. The highest BCUT2D eigenvalue weighted by Crippen LogP contribution is 2.34. The molecular weight excluding hydrogens is 546 g/mol. The Morgan fingerprint density at radius 1 is 1.00 bits per heavy atom. The highest BCUT2D eigenvalue weighted by atomic mass is 127. The fourth-order valence-corrected chi connectivity index (χ4v) is 3.76. The Morgan fingerprint density at radius 3 is 2.41 bits per heavy atom. The van der Waals surface area contributed by atoms with E-state index in [9.17, 15) is 4.79 Å². The third-order valence-electron chi connectivity index (χ3n) is 3.82. The van der Waals surface area contributed by atoms with Gasteiger partial charge in [0.05, 0.1) is 16.3 Å². The monoisotopic (exact) mass is 558 g/mol. The number of hydrogen-bond acceptors (Lipinski definition) is 3. The molecule has 0 spiro atoms. The van der Waals surface area contributed by atoms with Crippen molar-refractivity contribution in [2.24, 2.45) is 5.10 Å². The van der Waals surface area contributed by atoms with Gasteiger partial charge in [-0.15, -0.1) is 0 Å². The topological polar surface area (TPSA) is 50.7 Å². The first-order valence-electron chi connectivity index (χ1n) is 8.38. The molecule has 0 aliphatic carbocycles. The molecule has 0 aliphatic heterocycles. The fraction of sp³-hybridized carbons (Fsp3) is 0.0476. The van der Waals surface area contributed by atoms with Gasteiger partial charge in [0.15, 0.2) is 5.75 Å². The van der Waals surface area contributed by atoms with E-state index in [0.717, 1.165) is 9.13 Å². The van der Waals surface area contributed by atoms with Gasteiger partial charge in [-0.3, -0.25) is 4.79 Å². The van der Waals surface area contributed by atoms with Gasteiger partial charge in [-0.25, -0.2) is 5.43 Å². The van der Waals surface area contributed by atoms with E-state index in [2.05, 4.69) is 33.1 Å². The summed E-state index contributed by atoms with van der Waals surface area (Å²) in [5, 5.41) is 5.22. The number of amides is 1. The predicted octanol–water partition coefficient (Wildman–Crippen LogP) is 6.59. The summed E-state index contributed by atoms with van der Waals surface area (Å²) in [7, 11) is 0. The summed E-state index contributed by atoms with van der Waals surface area (Å²) >= 11 is 20.9. The first-order valence-corrected chi connectivity index (χ1v) is 10.6. The Bertz CT molecular complexity index is 1050. The molecule has 0 aliphatic rings. The number of nitrogens with zero attached hydrogens (tertiary/aromatic N) is 1. The highest BCUT2D eigenvalue weighted by molar-refractivity contribution is 14.1. The summed E-state index contributed by atoms with van der Waals surface area (Å²) in [6.07, 6.45) is 1.46. The van der Waals surface area contributed by atoms with Gasteiger partial charge in [-0.1, -0.05) is 59.1 Å². The van der Waals surface area contributed by atoms with Crippen molar-refractivity contribution in [1.82, 2.24) is 5.43 Å². The molecular formula is C21H14Cl3IN2O2. The van der Waals surface area contributed by atoms with Crippen LogP contribution in [0, 0.1) is 3.57 Å². The largest absolute Gasteiger partial charge is 0.486 e. The molecule has 0 bridgehead atoms. The second-order valence-electron chi connectivity index (χ2n) is 5.90. The van der Waals surface area contributed by atoms with Gasteiger partial charge in [0, 0.05) is 19.7 Å². The molecule has 148 valence electrons. The quantitative estimate of drug-likeness (QED) is 0.210. The number of carbonyl (C=O) groups is 1. The molecule has 0 unspecified atom stereocenters. The summed E-state index contributed by atoms with van der Waals surface area (Å²) < 4.78 is 6.70. The Morgan fingerprint density at radius 2 is 1.72 bits per heavy atom. The van der Waals surface area contributed by atoms with Crippen molar-refractivity contribution in [3.8, 4) is 5.75 Å². The van der Waals surface area contributed by atoms with Crippen LogP contribution in [0.1, 0.15) is 21.5 Å². The number of nitrogens with one attached hydrogen (secondary N) is 1. The second-order valence-corrected chi connectivity index (χ2v) is 8.37. The highest BCUT2D eigenvalue weighted by Gasteiger charge is 2.11. The van der Waals surface area contributed by atoms with Crippen LogP contribution in [0.15, 0.2) is 65.8 Å². The van der Waals surface area contributed by atoms with Crippen LogP contribution in [0.4, 0.5) is 0 Å². The maximum atomic E-state index is 12.1. The molecule has 0 saturated carbocycles. The van der Waals surface area contributed by atoms with Gasteiger partial charge in [0.2, 0.25) is 0 Å². The Kier molecular flexibility index (Phi) is 7.77. The summed E-state index contributed by atoms with van der Waals surface area (Å²) in [4.78, 5) is 12.1. The lowest BCUT2D eigenvalue weighted by atomic mass is 10.2. The number of carbonyl (C=O) groups excluding carboxylic acids is 1. The minimum atomic E-state index is -0.309. The van der Waals surface area contributed by atoms with Gasteiger partial charge in [0.25, 0.3) is 5.91 Å². The van der Waals surface area contributed by atoms with E-state index in [4.69, 9.17) is 39.5 Å². The molecule has 0 saturated heterocycles. The maximum absolute atomic E-state index is 12.1. The maximum Gasteiger partial charge on any atom is 0.271 e. The van der Waals surface area contributed by atoms with E-state index in [1.54, 1.807) is 36.4 Å². The van der Waals surface area contributed by atoms with Crippen molar-refractivity contribution in [3.05, 3.63) is 96.0 Å². The predicted molar refractivity (Wildman–Crippen MR) is 126 cm³/mol. The van der Waals surface area contributed by atoms with Crippen LogP contribution in [-0.2, 0) is 6.61 Å². The van der Waals surface area contributed by atoms with Crippen LogP contribution in [0.25, 0.3) is 0 Å². The molecule has 1 N–H and O–H groups in total. The molecule has 4 nitrogen and oxygen atoms in total. The van der Waals surface area contributed by atoms with Gasteiger partial charge in [0.1, 0.15) is 6.61 Å². The molecule has 0 aromatic heterocycles. The van der Waals surface area contributed by atoms with Crippen LogP contribution in [0.3, 0.4) is 0 Å². The SMILES string of the molecule is O=C(N/N=C\c1cc(Cl)c(OCc2ccccc2Cl)c(Cl)c1)c1cccc(I)c1. The lowest BCUT2D eigenvalue weighted by Crippen LogP contribution is -2.17. The lowest BCUT2D eigenvalue weighted by molar-refractivity contribution is 0.0955. The number of hydrazone groups is 1. The van der Waals surface area contributed by atoms with E-state index in [1.165, 1.54) is 6.21 Å². The molecule has 3 aromatic rings. The summed E-state index contributed by atoms with van der Waals surface area (Å²) in [6.45, 7) is 0.235. The minimum absolute atomic E-state index is 0.235. The minimum Gasteiger partial charge on any atom is -0.486 e. The van der Waals surface area contributed by atoms with E-state index < -0.39 is 0 Å². The average Bonchev–Trinajstić information content (AvgIpc) is 2.68. The lowest BCUT2D eigenvalue weighted by Gasteiger charge is -2.11. The van der Waals surface area contributed by atoms with E-state index in [-0.39, 0.29) is 12.5 Å². The normalized spacial score (nSPS) is 10.9. The molecule has 8 heteroatoms. The van der Waals surface area contributed by atoms with Crippen molar-refractivity contribution < 1.29 is 9.53 Å². The van der Waals surface area contributed by atoms with E-state index >= 15 is 0 Å². The second kappa shape index (κ2) is 10.3. The Balaban J connectivity index is 1.66. The van der Waals surface area contributed by atoms with Crippen molar-refractivity contribution >= 4 is 69.5 Å². The van der Waals surface area contributed by atoms with Crippen molar-refractivity contribution in [2.75, 3.05) is 0 Å². The number of halogens is 4. The fourth-order valence-electron chi connectivity index (χ4n) is 2.42. The average molecular weight is 560 g/mol. The van der Waals surface area contributed by atoms with E-state index in [1.807, 2.05) is 24.3 Å². The number of rotatable bonds is 6. The first kappa shape index (κ1) is 21.9. The molecule has 3 aromatic carbocycles. The number of benzene rings is 3. The van der Waals surface area contributed by atoms with Crippen molar-refractivity contribution in [3.63, 3.8) is 0 Å². The third-order valence-corrected chi connectivity index (χ3v) is 5.42. The zero-order chi connectivity index (χ0) is 20.8. The summed E-state index contributed by atoms with van der Waals surface area (Å²) in [5.41, 5.74) is 4.44. The van der Waals surface area contributed by atoms with Crippen LogP contribution in [0.2, 0.25) is 15.1 Å². The molecule has 0 atom stereocenters. The van der Waals surface area contributed by atoms with Gasteiger partial charge < -0.3 is 4.74 Å². The summed E-state index contributed by atoms with van der Waals surface area (Å²) in [6, 6.07) is 17.9. The van der Waals surface area contributed by atoms with Crippen LogP contribution in [-0.4, -0.2) is 12.1 Å². The molecule has 0 fully saturated rings. The smallest absolute Gasteiger partial charge is 0.271 e. The van der Waals surface area contributed by atoms with Crippen molar-refractivity contribution in [1.29, 1.82) is 0 Å². The van der Waals surface area contributed by atoms with Gasteiger partial charge in [-0.2, -0.15) is 5.10 Å². The van der Waals surface area contributed by atoms with Gasteiger partial charge >= 0.3 is 0 Å². The number of hydrogen-bond donors (Lipinski definition) is 1. The van der Waals surface area contributed by atoms with Crippen LogP contribution >= 0.6 is 57.4 Å². The standard InChI is InChI=1S/C21H14Cl3IN2O2/c22-17-7-2-1-4-15(17)12-29-20-18(23)8-13(9-19(20)24)11-26-27-21(28)14-5-3-6-16(25)10-14/h1-11H,12H2,(H,27,28)/b26-11-. The molecule has 29 heavy (non-hydrogen) atoms. The molecule has 1 amide bonds. The van der Waals surface area contributed by atoms with Crippen LogP contribution in [0.5, 0.6) is 5.75 Å². The molecule has 3 rings (SSSR count). The Hall–Kier alpha value is -1.80. The zero-order valence-electron chi connectivity index (χ0n) is 14.8. The zero-order valence-corrected chi connectivity index (χ0v) is 19.3. The Labute approximate surface area is 197 Å². The van der Waals surface area contributed by atoms with Crippen molar-refractivity contribution in [2.45, 2.75) is 6.61 Å². The van der Waals surface area contributed by atoms with Crippen LogP contribution < -0.4 is 10.2 Å². The molecule has 0 heterocycles. The first-order chi connectivity index (χ1) is 13.9. The number of ether oxygens (including phenoxy) is 1. The van der Waals surface area contributed by atoms with Gasteiger partial charge in [-0.05, 0) is 64.6 Å². The molecule has 0 radical (unpaired) electrons. The van der Waals surface area contributed by atoms with E-state index in [0.29, 0.717) is 31.9 Å².